The molecule has 2 aromatic rings. The number of amides is 2. The average Bonchev–Trinajstić information content (AvgIpc) is 3.29. The first-order chi connectivity index (χ1) is 14.4. The number of hydrogen-bond donors (Lipinski definition) is 0. The first-order valence-corrected chi connectivity index (χ1v) is 10.1. The second kappa shape index (κ2) is 8.01. The lowest BCUT2D eigenvalue weighted by atomic mass is 9.90. The van der Waals surface area contributed by atoms with Crippen molar-refractivity contribution in [3.8, 4) is 0 Å². The molecule has 1 aromatic carbocycles. The molecule has 0 unspecified atom stereocenters. The van der Waals surface area contributed by atoms with Crippen LogP contribution in [0.3, 0.4) is 0 Å². The van der Waals surface area contributed by atoms with Gasteiger partial charge in [0.2, 0.25) is 11.8 Å². The molecule has 0 N–H and O–H groups in total. The average molecular weight is 412 g/mol. The molecular weight excluding hydrogens is 387 g/mol. The molecule has 30 heavy (non-hydrogen) atoms. The van der Waals surface area contributed by atoms with E-state index in [1.807, 2.05) is 4.90 Å². The van der Waals surface area contributed by atoms with E-state index < -0.39 is 0 Å². The fourth-order valence-electron chi connectivity index (χ4n) is 4.23. The number of piperidine rings is 1. The van der Waals surface area contributed by atoms with Crippen molar-refractivity contribution >= 4 is 17.9 Å². The van der Waals surface area contributed by atoms with Crippen LogP contribution in [-0.4, -0.2) is 52.1 Å². The lowest BCUT2D eigenvalue weighted by molar-refractivity contribution is -0.133. The molecule has 0 bridgehead atoms. The molecule has 1 saturated heterocycles. The monoisotopic (exact) mass is 412 g/mol. The summed E-state index contributed by atoms with van der Waals surface area (Å²) in [7, 11) is 1.78. The molecule has 2 aliphatic rings. The van der Waals surface area contributed by atoms with Gasteiger partial charge in [0.15, 0.2) is 0 Å². The van der Waals surface area contributed by atoms with Crippen molar-refractivity contribution in [3.05, 3.63) is 53.1 Å². The number of carbonyl (C=O) groups is 2. The number of aryl methyl sites for hydroxylation is 1. The Morgan fingerprint density at radius 1 is 1.27 bits per heavy atom. The number of halogens is 1. The van der Waals surface area contributed by atoms with Crippen molar-refractivity contribution in [2.24, 2.45) is 11.3 Å². The SMILES string of the molecule is Cc1nonc1CN(C)C(=O)[C@H]1CC12CCN(C(=O)/C=C/c1ccc(F)cc1)CC2. The molecule has 2 fully saturated rings. The Labute approximate surface area is 174 Å². The van der Waals surface area contributed by atoms with E-state index in [-0.39, 0.29) is 29.0 Å². The lowest BCUT2D eigenvalue weighted by Crippen LogP contribution is -2.40. The highest BCUT2D eigenvalue weighted by Crippen LogP contribution is 2.60. The third-order valence-corrected chi connectivity index (χ3v) is 6.36. The molecule has 8 heteroatoms. The van der Waals surface area contributed by atoms with Crippen molar-refractivity contribution in [2.75, 3.05) is 20.1 Å². The van der Waals surface area contributed by atoms with Crippen molar-refractivity contribution in [1.82, 2.24) is 20.1 Å². The van der Waals surface area contributed by atoms with Gasteiger partial charge in [0.25, 0.3) is 0 Å². The summed E-state index contributed by atoms with van der Waals surface area (Å²) in [6, 6.07) is 6.02. The summed E-state index contributed by atoms with van der Waals surface area (Å²) in [6.07, 6.45) is 5.77. The van der Waals surface area contributed by atoms with E-state index >= 15 is 0 Å². The van der Waals surface area contributed by atoms with E-state index in [0.29, 0.717) is 31.0 Å². The molecule has 2 amide bonds. The van der Waals surface area contributed by atoms with Gasteiger partial charge in [0, 0.05) is 32.1 Å². The van der Waals surface area contributed by atoms with Crippen molar-refractivity contribution < 1.29 is 18.6 Å². The standard InChI is InChI=1S/C22H25FN4O3/c1-15-19(25-30-24-15)14-26(2)21(29)18-13-22(18)9-11-27(12-10-22)20(28)8-5-16-3-6-17(23)7-4-16/h3-8,18H,9-14H2,1-2H3/b8-5+/t18-/m1/s1. The quantitative estimate of drug-likeness (QED) is 0.706. The zero-order valence-electron chi connectivity index (χ0n) is 17.2. The molecule has 1 saturated carbocycles. The summed E-state index contributed by atoms with van der Waals surface area (Å²) in [5.74, 6) is -0.223. The molecule has 4 rings (SSSR count). The maximum atomic E-state index is 13.0. The minimum Gasteiger partial charge on any atom is -0.339 e. The topological polar surface area (TPSA) is 79.5 Å². The van der Waals surface area contributed by atoms with Crippen LogP contribution in [0.5, 0.6) is 0 Å². The van der Waals surface area contributed by atoms with Gasteiger partial charge in [0.05, 0.1) is 6.54 Å². The third kappa shape index (κ3) is 4.13. The van der Waals surface area contributed by atoms with Gasteiger partial charge in [-0.15, -0.1) is 0 Å². The number of rotatable bonds is 5. The summed E-state index contributed by atoms with van der Waals surface area (Å²) < 4.78 is 17.7. The van der Waals surface area contributed by atoms with Gasteiger partial charge in [-0.05, 0) is 55.4 Å². The lowest BCUT2D eigenvalue weighted by Gasteiger charge is -2.32. The molecule has 0 radical (unpaired) electrons. The van der Waals surface area contributed by atoms with Gasteiger partial charge in [-0.2, -0.15) is 0 Å². The smallest absolute Gasteiger partial charge is 0.246 e. The number of hydrogen-bond acceptors (Lipinski definition) is 5. The molecule has 1 atom stereocenters. The Balaban J connectivity index is 1.28. The van der Waals surface area contributed by atoms with Gasteiger partial charge in [-0.3, -0.25) is 9.59 Å². The normalized spacial score (nSPS) is 20.0. The summed E-state index contributed by atoms with van der Waals surface area (Å²) in [6.45, 7) is 3.48. The Hall–Kier alpha value is -3.03. The Morgan fingerprint density at radius 2 is 1.97 bits per heavy atom. The Kier molecular flexibility index (Phi) is 5.40. The number of benzene rings is 1. The number of aromatic nitrogens is 2. The maximum Gasteiger partial charge on any atom is 0.246 e. The molecule has 7 nitrogen and oxygen atoms in total. The van der Waals surface area contributed by atoms with Crippen LogP contribution in [0, 0.1) is 24.1 Å². The van der Waals surface area contributed by atoms with Crippen LogP contribution in [0.4, 0.5) is 4.39 Å². The molecule has 1 aromatic heterocycles. The Morgan fingerprint density at radius 3 is 2.60 bits per heavy atom. The zero-order chi connectivity index (χ0) is 21.3. The van der Waals surface area contributed by atoms with Crippen LogP contribution >= 0.6 is 0 Å². The fraction of sp³-hybridized carbons (Fsp3) is 0.455. The third-order valence-electron chi connectivity index (χ3n) is 6.36. The van der Waals surface area contributed by atoms with Crippen LogP contribution in [0.1, 0.15) is 36.2 Å². The first-order valence-electron chi connectivity index (χ1n) is 10.1. The van der Waals surface area contributed by atoms with Gasteiger partial charge >= 0.3 is 0 Å². The number of nitrogens with zero attached hydrogens (tertiary/aromatic N) is 4. The van der Waals surface area contributed by atoms with E-state index in [9.17, 15) is 14.0 Å². The van der Waals surface area contributed by atoms with E-state index in [0.717, 1.165) is 24.8 Å². The minimum atomic E-state index is -0.299. The van der Waals surface area contributed by atoms with Gasteiger partial charge in [-0.25, -0.2) is 9.02 Å². The fourth-order valence-corrected chi connectivity index (χ4v) is 4.23. The van der Waals surface area contributed by atoms with E-state index in [1.54, 1.807) is 37.1 Å². The van der Waals surface area contributed by atoms with E-state index in [2.05, 4.69) is 10.3 Å². The van der Waals surface area contributed by atoms with Crippen LogP contribution in [0.25, 0.3) is 6.08 Å². The van der Waals surface area contributed by atoms with Crippen LogP contribution < -0.4 is 0 Å². The van der Waals surface area contributed by atoms with Crippen LogP contribution in [-0.2, 0) is 16.1 Å². The summed E-state index contributed by atoms with van der Waals surface area (Å²) >= 11 is 0. The summed E-state index contributed by atoms with van der Waals surface area (Å²) in [5, 5.41) is 7.60. The highest BCUT2D eigenvalue weighted by molar-refractivity contribution is 5.92. The molecule has 1 spiro atoms. The van der Waals surface area contributed by atoms with Gasteiger partial charge in [0.1, 0.15) is 17.2 Å². The largest absolute Gasteiger partial charge is 0.339 e. The van der Waals surface area contributed by atoms with Crippen LogP contribution in [0.15, 0.2) is 35.0 Å². The highest BCUT2D eigenvalue weighted by atomic mass is 19.1. The molecular formula is C22H25FN4O3. The van der Waals surface area contributed by atoms with E-state index in [1.165, 1.54) is 18.2 Å². The molecule has 1 aliphatic carbocycles. The number of carbonyl (C=O) groups excluding carboxylic acids is 2. The van der Waals surface area contributed by atoms with Crippen molar-refractivity contribution in [1.29, 1.82) is 0 Å². The molecule has 2 heterocycles. The minimum absolute atomic E-state index is 0.00896. The predicted molar refractivity (Wildman–Crippen MR) is 107 cm³/mol. The first kappa shape index (κ1) is 20.3. The highest BCUT2D eigenvalue weighted by Gasteiger charge is 2.59. The molecule has 158 valence electrons. The van der Waals surface area contributed by atoms with Crippen molar-refractivity contribution in [2.45, 2.75) is 32.7 Å². The van der Waals surface area contributed by atoms with E-state index in [4.69, 9.17) is 4.63 Å². The Bertz CT molecular complexity index is 961. The summed E-state index contributed by atoms with van der Waals surface area (Å²) in [4.78, 5) is 28.8. The number of likely N-dealkylation sites (tertiary alicyclic amines) is 1. The second-order valence-electron chi connectivity index (χ2n) is 8.32. The predicted octanol–water partition coefficient (Wildman–Crippen LogP) is 2.82. The van der Waals surface area contributed by atoms with Gasteiger partial charge < -0.3 is 9.80 Å². The second-order valence-corrected chi connectivity index (χ2v) is 8.32. The maximum absolute atomic E-state index is 13.0. The van der Waals surface area contributed by atoms with Gasteiger partial charge in [-0.1, -0.05) is 22.4 Å². The van der Waals surface area contributed by atoms with Crippen molar-refractivity contribution in [3.63, 3.8) is 0 Å². The molecule has 1 aliphatic heterocycles. The summed E-state index contributed by atoms with van der Waals surface area (Å²) in [5.41, 5.74) is 2.17. The zero-order valence-corrected chi connectivity index (χ0v) is 17.2. The van der Waals surface area contributed by atoms with Crippen LogP contribution in [0.2, 0.25) is 0 Å².